The van der Waals surface area contributed by atoms with E-state index in [1.54, 1.807) is 0 Å². The van der Waals surface area contributed by atoms with Gasteiger partial charge in [-0.15, -0.1) is 0 Å². The zero-order valence-electron chi connectivity index (χ0n) is 6.53. The monoisotopic (exact) mass is 160 g/mol. The Morgan fingerprint density at radius 1 is 1.45 bits per heavy atom. The summed E-state index contributed by atoms with van der Waals surface area (Å²) in [6.45, 7) is 2.41. The van der Waals surface area contributed by atoms with Gasteiger partial charge in [0.05, 0.1) is 12.7 Å². The van der Waals surface area contributed by atoms with Crippen LogP contribution >= 0.6 is 0 Å². The first-order chi connectivity index (χ1) is 5.00. The summed E-state index contributed by atoms with van der Waals surface area (Å²) in [5.41, 5.74) is 0.367. The average Bonchev–Trinajstić information content (AvgIpc) is 2.00. The molecular formula is C7H12O4. The summed E-state index contributed by atoms with van der Waals surface area (Å²) < 4.78 is 0. The van der Waals surface area contributed by atoms with Crippen molar-refractivity contribution in [3.05, 3.63) is 11.1 Å². The number of aliphatic hydroxyl groups excluding tert-OH is 2. The largest absolute Gasteiger partial charge is 0.478 e. The predicted octanol–water partition coefficient (Wildman–Crippen LogP) is -0.239. The number of hydrogen-bond donors (Lipinski definition) is 3. The molecule has 0 bridgehead atoms. The number of carbonyl (C=O) groups is 1. The molecule has 0 aliphatic carbocycles. The number of carboxylic acids is 1. The Balaban J connectivity index is 4.51. The van der Waals surface area contributed by atoms with Gasteiger partial charge in [0.15, 0.2) is 0 Å². The van der Waals surface area contributed by atoms with Crippen LogP contribution in [0.1, 0.15) is 13.8 Å². The molecule has 1 unspecified atom stereocenters. The van der Waals surface area contributed by atoms with E-state index in [0.29, 0.717) is 5.57 Å². The highest BCUT2D eigenvalue weighted by Crippen LogP contribution is 2.07. The van der Waals surface area contributed by atoms with Crippen molar-refractivity contribution in [3.8, 4) is 0 Å². The minimum atomic E-state index is -1.07. The summed E-state index contributed by atoms with van der Waals surface area (Å²) in [6, 6.07) is 0. The van der Waals surface area contributed by atoms with Crippen LogP contribution in [0.2, 0.25) is 0 Å². The summed E-state index contributed by atoms with van der Waals surface area (Å²) >= 11 is 0. The molecule has 0 aliphatic heterocycles. The molecule has 0 aliphatic rings. The Morgan fingerprint density at radius 2 is 1.91 bits per heavy atom. The molecule has 4 nitrogen and oxygen atoms in total. The standard InChI is InChI=1S/C7H12O4/c1-4(6(9)3-8)5(2)7(10)11/h6,8-9H,3H2,1-2H3,(H,10,11)/b5-4-. The Morgan fingerprint density at radius 3 is 2.18 bits per heavy atom. The summed E-state index contributed by atoms with van der Waals surface area (Å²) in [5, 5.41) is 25.9. The minimum absolute atomic E-state index is 0.0755. The van der Waals surface area contributed by atoms with Gasteiger partial charge in [-0.3, -0.25) is 0 Å². The molecule has 0 radical (unpaired) electrons. The van der Waals surface area contributed by atoms with Crippen molar-refractivity contribution >= 4 is 5.97 Å². The van der Waals surface area contributed by atoms with Crippen LogP contribution in [0.4, 0.5) is 0 Å². The Hall–Kier alpha value is -0.870. The highest BCUT2D eigenvalue weighted by Gasteiger charge is 2.11. The molecule has 0 amide bonds. The second-order valence-electron chi connectivity index (χ2n) is 2.31. The van der Waals surface area contributed by atoms with Crippen LogP contribution in [0, 0.1) is 0 Å². The van der Waals surface area contributed by atoms with Gasteiger partial charge >= 0.3 is 5.97 Å². The van der Waals surface area contributed by atoms with E-state index in [1.807, 2.05) is 0 Å². The van der Waals surface area contributed by atoms with Gasteiger partial charge in [0, 0.05) is 5.57 Å². The van der Waals surface area contributed by atoms with E-state index in [0.717, 1.165) is 0 Å². The lowest BCUT2D eigenvalue weighted by molar-refractivity contribution is -0.132. The Kier molecular flexibility index (Phi) is 3.78. The number of rotatable bonds is 3. The third kappa shape index (κ3) is 2.69. The molecule has 0 saturated heterocycles. The van der Waals surface area contributed by atoms with Gasteiger partial charge in [-0.25, -0.2) is 4.79 Å². The first kappa shape index (κ1) is 10.1. The van der Waals surface area contributed by atoms with E-state index in [9.17, 15) is 4.79 Å². The molecule has 0 fully saturated rings. The first-order valence-electron chi connectivity index (χ1n) is 3.20. The van der Waals surface area contributed by atoms with Crippen LogP contribution in [-0.2, 0) is 4.79 Å². The fourth-order valence-corrected chi connectivity index (χ4v) is 0.556. The summed E-state index contributed by atoms with van der Waals surface area (Å²) in [5.74, 6) is -1.07. The Bertz CT molecular complexity index is 183. The Labute approximate surface area is 64.8 Å². The van der Waals surface area contributed by atoms with Gasteiger partial charge in [-0.05, 0) is 19.4 Å². The molecule has 0 heterocycles. The van der Waals surface area contributed by atoms with Crippen molar-refractivity contribution < 1.29 is 20.1 Å². The predicted molar refractivity (Wildman–Crippen MR) is 39.1 cm³/mol. The lowest BCUT2D eigenvalue weighted by atomic mass is 10.1. The smallest absolute Gasteiger partial charge is 0.331 e. The second kappa shape index (κ2) is 4.10. The zero-order chi connectivity index (χ0) is 9.02. The van der Waals surface area contributed by atoms with Gasteiger partial charge < -0.3 is 15.3 Å². The van der Waals surface area contributed by atoms with Crippen molar-refractivity contribution in [1.29, 1.82) is 0 Å². The number of carboxylic acid groups (broad SMARTS) is 1. The van der Waals surface area contributed by atoms with Crippen molar-refractivity contribution in [2.75, 3.05) is 6.61 Å². The van der Waals surface area contributed by atoms with Gasteiger partial charge in [0.1, 0.15) is 0 Å². The topological polar surface area (TPSA) is 77.8 Å². The highest BCUT2D eigenvalue weighted by atomic mass is 16.4. The number of aliphatic carboxylic acids is 1. The lowest BCUT2D eigenvalue weighted by Gasteiger charge is -2.08. The minimum Gasteiger partial charge on any atom is -0.478 e. The SMILES string of the molecule is C/C(C(=O)O)=C(\C)C(O)CO. The van der Waals surface area contributed by atoms with Crippen LogP contribution in [0.25, 0.3) is 0 Å². The van der Waals surface area contributed by atoms with Crippen molar-refractivity contribution in [3.63, 3.8) is 0 Å². The zero-order valence-corrected chi connectivity index (χ0v) is 6.53. The van der Waals surface area contributed by atoms with E-state index in [2.05, 4.69) is 0 Å². The quantitative estimate of drug-likeness (QED) is 0.498. The highest BCUT2D eigenvalue weighted by molar-refractivity contribution is 5.86. The van der Waals surface area contributed by atoms with Gasteiger partial charge in [-0.2, -0.15) is 0 Å². The molecule has 1 atom stereocenters. The van der Waals surface area contributed by atoms with Crippen LogP contribution in [-0.4, -0.2) is 34.0 Å². The molecule has 0 saturated carbocycles. The third-order valence-corrected chi connectivity index (χ3v) is 1.59. The fourth-order valence-electron chi connectivity index (χ4n) is 0.556. The van der Waals surface area contributed by atoms with E-state index >= 15 is 0 Å². The maximum absolute atomic E-state index is 10.3. The van der Waals surface area contributed by atoms with E-state index in [4.69, 9.17) is 15.3 Å². The summed E-state index contributed by atoms with van der Waals surface area (Å²) in [7, 11) is 0. The molecule has 3 N–H and O–H groups in total. The molecular weight excluding hydrogens is 148 g/mol. The molecule has 64 valence electrons. The first-order valence-corrected chi connectivity index (χ1v) is 3.20. The maximum Gasteiger partial charge on any atom is 0.331 e. The molecule has 0 rings (SSSR count). The molecule has 0 aromatic carbocycles. The molecule has 11 heavy (non-hydrogen) atoms. The molecule has 0 aromatic heterocycles. The van der Waals surface area contributed by atoms with Gasteiger partial charge in [0.25, 0.3) is 0 Å². The molecule has 4 heteroatoms. The normalized spacial score (nSPS) is 15.6. The number of hydrogen-bond acceptors (Lipinski definition) is 3. The van der Waals surface area contributed by atoms with Crippen LogP contribution in [0.3, 0.4) is 0 Å². The maximum atomic E-state index is 10.3. The van der Waals surface area contributed by atoms with Gasteiger partial charge in [0.2, 0.25) is 0 Å². The average molecular weight is 160 g/mol. The van der Waals surface area contributed by atoms with Crippen molar-refractivity contribution in [2.24, 2.45) is 0 Å². The lowest BCUT2D eigenvalue weighted by Crippen LogP contribution is -2.16. The second-order valence-corrected chi connectivity index (χ2v) is 2.31. The fraction of sp³-hybridized carbons (Fsp3) is 0.571. The third-order valence-electron chi connectivity index (χ3n) is 1.59. The summed E-state index contributed by atoms with van der Waals surface area (Å²) in [6.07, 6.45) is -1.06. The summed E-state index contributed by atoms with van der Waals surface area (Å²) in [4.78, 5) is 10.3. The number of aliphatic hydroxyl groups is 2. The van der Waals surface area contributed by atoms with Gasteiger partial charge in [-0.1, -0.05) is 0 Å². The van der Waals surface area contributed by atoms with E-state index < -0.39 is 18.7 Å². The van der Waals surface area contributed by atoms with Crippen LogP contribution in [0.15, 0.2) is 11.1 Å². The van der Waals surface area contributed by atoms with Crippen molar-refractivity contribution in [1.82, 2.24) is 0 Å². The van der Waals surface area contributed by atoms with Crippen LogP contribution in [0.5, 0.6) is 0 Å². The van der Waals surface area contributed by atoms with E-state index in [-0.39, 0.29) is 5.57 Å². The molecule has 0 spiro atoms. The molecule has 0 aromatic rings. The van der Waals surface area contributed by atoms with Crippen LogP contribution < -0.4 is 0 Å². The van der Waals surface area contributed by atoms with Crippen molar-refractivity contribution in [2.45, 2.75) is 20.0 Å². The van der Waals surface area contributed by atoms with E-state index in [1.165, 1.54) is 13.8 Å².